The van der Waals surface area contributed by atoms with Gasteiger partial charge in [-0.25, -0.2) is 4.98 Å². The summed E-state index contributed by atoms with van der Waals surface area (Å²) >= 11 is 3.20. The summed E-state index contributed by atoms with van der Waals surface area (Å²) in [5, 5.41) is 3.99. The van der Waals surface area contributed by atoms with Gasteiger partial charge < -0.3 is 0 Å². The Morgan fingerprint density at radius 1 is 1.30 bits per heavy atom. The van der Waals surface area contributed by atoms with Crippen molar-refractivity contribution < 1.29 is 4.79 Å². The number of thiazole rings is 1. The van der Waals surface area contributed by atoms with Gasteiger partial charge in [0.25, 0.3) is 5.91 Å². The first-order valence-electron chi connectivity index (χ1n) is 6.48. The third-order valence-corrected chi connectivity index (χ3v) is 4.81. The number of benzene rings is 1. The molecule has 0 saturated carbocycles. The highest BCUT2D eigenvalue weighted by Crippen LogP contribution is 2.28. The summed E-state index contributed by atoms with van der Waals surface area (Å²) in [4.78, 5) is 18.9. The second-order valence-electron chi connectivity index (χ2n) is 4.78. The van der Waals surface area contributed by atoms with Crippen LogP contribution < -0.4 is 5.32 Å². The Kier molecular flexibility index (Phi) is 4.83. The van der Waals surface area contributed by atoms with Crippen molar-refractivity contribution in [3.05, 3.63) is 40.4 Å². The van der Waals surface area contributed by atoms with Gasteiger partial charge in [-0.1, -0.05) is 26.0 Å². The van der Waals surface area contributed by atoms with Crippen LogP contribution in [0, 0.1) is 13.8 Å². The Morgan fingerprint density at radius 3 is 2.60 bits per heavy atom. The number of thioether (sulfide) groups is 1. The van der Waals surface area contributed by atoms with Crippen molar-refractivity contribution in [3.8, 4) is 0 Å². The van der Waals surface area contributed by atoms with Crippen LogP contribution in [-0.4, -0.2) is 16.1 Å². The minimum atomic E-state index is -0.0949. The molecule has 1 N–H and O–H groups in total. The fourth-order valence-electron chi connectivity index (χ4n) is 1.70. The van der Waals surface area contributed by atoms with Crippen LogP contribution in [0.2, 0.25) is 0 Å². The van der Waals surface area contributed by atoms with E-state index >= 15 is 0 Å². The summed E-state index contributed by atoms with van der Waals surface area (Å²) in [6.07, 6.45) is 0. The highest BCUT2D eigenvalue weighted by Gasteiger charge is 2.14. The highest BCUT2D eigenvalue weighted by molar-refractivity contribution is 8.00. The number of anilines is 1. The van der Waals surface area contributed by atoms with Crippen molar-refractivity contribution in [1.82, 2.24) is 4.98 Å². The van der Waals surface area contributed by atoms with Crippen molar-refractivity contribution in [2.24, 2.45) is 0 Å². The van der Waals surface area contributed by atoms with Crippen LogP contribution in [0.5, 0.6) is 0 Å². The molecule has 0 atom stereocenters. The summed E-state index contributed by atoms with van der Waals surface area (Å²) in [7, 11) is 0. The molecule has 0 radical (unpaired) electrons. The van der Waals surface area contributed by atoms with Gasteiger partial charge in [-0.2, -0.15) is 0 Å². The lowest BCUT2D eigenvalue weighted by Gasteiger charge is -2.10. The number of rotatable bonds is 4. The van der Waals surface area contributed by atoms with Crippen LogP contribution in [-0.2, 0) is 0 Å². The van der Waals surface area contributed by atoms with Gasteiger partial charge in [0.2, 0.25) is 0 Å². The van der Waals surface area contributed by atoms with E-state index in [0.29, 0.717) is 15.9 Å². The monoisotopic (exact) mass is 306 g/mol. The molecule has 3 nitrogen and oxygen atoms in total. The number of carbonyl (C=O) groups excluding carboxylic acids is 1. The summed E-state index contributed by atoms with van der Waals surface area (Å²) in [5.41, 5.74) is 1.67. The normalized spacial score (nSPS) is 10.8. The van der Waals surface area contributed by atoms with Gasteiger partial charge in [0.15, 0.2) is 5.13 Å². The molecule has 1 heterocycles. The lowest BCUT2D eigenvalue weighted by Crippen LogP contribution is -2.13. The highest BCUT2D eigenvalue weighted by atomic mass is 32.2. The summed E-state index contributed by atoms with van der Waals surface area (Å²) in [5.74, 6) is -0.0949. The smallest absolute Gasteiger partial charge is 0.258 e. The van der Waals surface area contributed by atoms with Crippen molar-refractivity contribution >= 4 is 34.1 Å². The number of hydrogen-bond donors (Lipinski definition) is 1. The predicted octanol–water partition coefficient (Wildman–Crippen LogP) is 4.51. The topological polar surface area (TPSA) is 42.0 Å². The Hall–Kier alpha value is -1.33. The fraction of sp³-hybridized carbons (Fsp3) is 0.333. The van der Waals surface area contributed by atoms with E-state index in [1.54, 1.807) is 11.8 Å². The molecule has 5 heteroatoms. The zero-order chi connectivity index (χ0) is 14.7. The summed E-state index contributed by atoms with van der Waals surface area (Å²) < 4.78 is 0. The number of aromatic nitrogens is 1. The molecule has 106 valence electrons. The van der Waals surface area contributed by atoms with Crippen LogP contribution in [0.25, 0.3) is 0 Å². The number of nitrogens with zero attached hydrogens (tertiary/aromatic N) is 1. The average Bonchev–Trinajstić information content (AvgIpc) is 2.68. The first-order valence-corrected chi connectivity index (χ1v) is 8.18. The minimum absolute atomic E-state index is 0.0949. The van der Waals surface area contributed by atoms with E-state index in [4.69, 9.17) is 0 Å². The second-order valence-corrected chi connectivity index (χ2v) is 7.60. The number of nitrogens with one attached hydrogen (secondary N) is 1. The number of amides is 1. The quantitative estimate of drug-likeness (QED) is 0.845. The largest absolute Gasteiger partial charge is 0.298 e. The number of hydrogen-bond acceptors (Lipinski definition) is 4. The molecule has 1 amide bonds. The maximum Gasteiger partial charge on any atom is 0.258 e. The van der Waals surface area contributed by atoms with E-state index in [9.17, 15) is 4.79 Å². The summed E-state index contributed by atoms with van der Waals surface area (Å²) in [6, 6.07) is 7.68. The lowest BCUT2D eigenvalue weighted by atomic mass is 10.2. The molecule has 20 heavy (non-hydrogen) atoms. The third kappa shape index (κ3) is 3.61. The van der Waals surface area contributed by atoms with Crippen LogP contribution in [0.1, 0.15) is 34.8 Å². The molecular formula is C15H18N2OS2. The zero-order valence-corrected chi connectivity index (χ0v) is 13.7. The van der Waals surface area contributed by atoms with E-state index in [0.717, 1.165) is 15.5 Å². The maximum atomic E-state index is 12.4. The molecule has 0 fully saturated rings. The van der Waals surface area contributed by atoms with Crippen molar-refractivity contribution in [1.29, 1.82) is 0 Å². The van der Waals surface area contributed by atoms with Crippen LogP contribution >= 0.6 is 23.1 Å². The third-order valence-electron chi connectivity index (χ3n) is 2.74. The SMILES string of the molecule is Cc1nc(NC(=O)c2ccccc2SC(C)C)sc1C. The molecule has 1 aromatic heterocycles. The Bertz CT molecular complexity index is 601. The average molecular weight is 306 g/mol. The molecule has 0 unspecified atom stereocenters. The first-order chi connectivity index (χ1) is 9.47. The Morgan fingerprint density at radius 2 is 2.00 bits per heavy atom. The van der Waals surface area contributed by atoms with Crippen LogP contribution in [0.3, 0.4) is 0 Å². The van der Waals surface area contributed by atoms with Gasteiger partial charge in [-0.3, -0.25) is 10.1 Å². The predicted molar refractivity (Wildman–Crippen MR) is 87.0 cm³/mol. The molecule has 0 aliphatic carbocycles. The van der Waals surface area contributed by atoms with Gasteiger partial charge in [0.05, 0.1) is 11.3 Å². The minimum Gasteiger partial charge on any atom is -0.298 e. The molecule has 2 rings (SSSR count). The Labute approximate surface area is 127 Å². The molecule has 0 bridgehead atoms. The van der Waals surface area contributed by atoms with Crippen molar-refractivity contribution in [2.45, 2.75) is 37.8 Å². The standard InChI is InChI=1S/C15H18N2OS2/c1-9(2)19-13-8-6-5-7-12(13)14(18)17-15-16-10(3)11(4)20-15/h5-9H,1-4H3,(H,16,17,18). The lowest BCUT2D eigenvalue weighted by molar-refractivity contribution is 0.102. The Balaban J connectivity index is 2.20. The molecule has 0 saturated heterocycles. The van der Waals surface area contributed by atoms with Gasteiger partial charge >= 0.3 is 0 Å². The van der Waals surface area contributed by atoms with Crippen molar-refractivity contribution in [3.63, 3.8) is 0 Å². The van der Waals surface area contributed by atoms with Crippen molar-refractivity contribution in [2.75, 3.05) is 5.32 Å². The molecular weight excluding hydrogens is 288 g/mol. The van der Waals surface area contributed by atoms with E-state index in [1.165, 1.54) is 11.3 Å². The van der Waals surface area contributed by atoms with E-state index in [1.807, 2.05) is 38.1 Å². The molecule has 0 aliphatic heterocycles. The summed E-state index contributed by atoms with van der Waals surface area (Å²) in [6.45, 7) is 8.19. The fourth-order valence-corrected chi connectivity index (χ4v) is 3.46. The van der Waals surface area contributed by atoms with Gasteiger partial charge in [-0.05, 0) is 26.0 Å². The molecule has 0 spiro atoms. The zero-order valence-electron chi connectivity index (χ0n) is 12.1. The number of aryl methyl sites for hydroxylation is 2. The van der Waals surface area contributed by atoms with Gasteiger partial charge in [-0.15, -0.1) is 23.1 Å². The molecule has 2 aromatic rings. The van der Waals surface area contributed by atoms with Gasteiger partial charge in [0, 0.05) is 15.0 Å². The van der Waals surface area contributed by atoms with Crippen LogP contribution in [0.4, 0.5) is 5.13 Å². The maximum absolute atomic E-state index is 12.4. The van der Waals surface area contributed by atoms with Gasteiger partial charge in [0.1, 0.15) is 0 Å². The molecule has 1 aromatic carbocycles. The molecule has 0 aliphatic rings. The number of carbonyl (C=O) groups is 1. The second kappa shape index (κ2) is 6.41. The van der Waals surface area contributed by atoms with E-state index < -0.39 is 0 Å². The van der Waals surface area contributed by atoms with E-state index in [2.05, 4.69) is 24.1 Å². The first kappa shape index (κ1) is 15.1. The van der Waals surface area contributed by atoms with E-state index in [-0.39, 0.29) is 5.91 Å². The van der Waals surface area contributed by atoms with Crippen LogP contribution in [0.15, 0.2) is 29.2 Å².